The Morgan fingerprint density at radius 3 is 2.05 bits per heavy atom. The van der Waals surface area contributed by atoms with Gasteiger partial charge < -0.3 is 9.74 Å². The van der Waals surface area contributed by atoms with E-state index in [4.69, 9.17) is 11.6 Å². The summed E-state index contributed by atoms with van der Waals surface area (Å²) in [5.74, 6) is -2.98. The van der Waals surface area contributed by atoms with E-state index in [0.717, 1.165) is 25.9 Å². The molecule has 2 saturated heterocycles. The lowest BCUT2D eigenvalue weighted by atomic mass is 9.93. The van der Waals surface area contributed by atoms with Gasteiger partial charge >= 0.3 is 12.1 Å². The zero-order chi connectivity index (χ0) is 29.9. The first-order chi connectivity index (χ1) is 19.3. The van der Waals surface area contributed by atoms with E-state index >= 15 is 0 Å². The van der Waals surface area contributed by atoms with E-state index in [1.807, 2.05) is 0 Å². The third kappa shape index (κ3) is 7.22. The minimum Gasteiger partial charge on any atom is -0.339 e. The molecule has 2 aromatic carbocycles. The average Bonchev–Trinajstić information content (AvgIpc) is 2.95. The highest BCUT2D eigenvalue weighted by molar-refractivity contribution is 6.30. The molecule has 2 aliphatic rings. The molecule has 0 N–H and O–H groups in total. The SMILES string of the molecule is CC1CCCN(C2CCN(C(=O)c3ccc(C(=O)N(OC(=O)C(F)(F)F)C(C)(C)c4ccc(Cl)cc4)cc3)CC2)C1. The van der Waals surface area contributed by atoms with Crippen LogP contribution in [0.15, 0.2) is 48.5 Å². The minimum absolute atomic E-state index is 0.0449. The number of amides is 2. The molecule has 2 fully saturated rings. The van der Waals surface area contributed by atoms with Crippen molar-refractivity contribution < 1.29 is 32.4 Å². The van der Waals surface area contributed by atoms with Crippen LogP contribution in [0.2, 0.25) is 5.02 Å². The lowest BCUT2D eigenvalue weighted by Gasteiger charge is -2.41. The second-order valence-corrected chi connectivity index (χ2v) is 11.8. The number of benzene rings is 2. The molecule has 4 rings (SSSR count). The number of likely N-dealkylation sites (tertiary alicyclic amines) is 2. The summed E-state index contributed by atoms with van der Waals surface area (Å²) in [5, 5.41) is 0.801. The molecule has 1 unspecified atom stereocenters. The summed E-state index contributed by atoms with van der Waals surface area (Å²) in [6.45, 7) is 8.63. The molecule has 222 valence electrons. The first kappa shape index (κ1) is 30.8. The third-order valence-corrected chi connectivity index (χ3v) is 8.24. The molecule has 2 aromatic rings. The fraction of sp³-hybridized carbons (Fsp3) is 0.500. The predicted molar refractivity (Wildman–Crippen MR) is 148 cm³/mol. The molecule has 2 aliphatic heterocycles. The van der Waals surface area contributed by atoms with Crippen LogP contribution in [0, 0.1) is 5.92 Å². The standard InChI is InChI=1S/C30H35ClF3N3O4/c1-20-5-4-16-36(19-20)25-14-17-35(18-15-25)26(38)21-6-8-22(9-7-21)27(39)37(41-28(40)30(32,33)34)29(2,3)23-10-12-24(31)13-11-23/h6-13,20,25H,4-5,14-19H2,1-3H3. The highest BCUT2D eigenvalue weighted by Crippen LogP contribution is 2.32. The molecule has 2 amide bonds. The molecule has 0 radical (unpaired) electrons. The predicted octanol–water partition coefficient (Wildman–Crippen LogP) is 6.07. The second-order valence-electron chi connectivity index (χ2n) is 11.4. The fourth-order valence-electron chi connectivity index (χ4n) is 5.57. The van der Waals surface area contributed by atoms with E-state index in [9.17, 15) is 27.6 Å². The van der Waals surface area contributed by atoms with E-state index < -0.39 is 23.6 Å². The molecule has 0 aromatic heterocycles. The van der Waals surface area contributed by atoms with E-state index in [2.05, 4.69) is 16.7 Å². The van der Waals surface area contributed by atoms with E-state index in [1.54, 1.807) is 4.90 Å². The maximum Gasteiger partial charge on any atom is 0.493 e. The van der Waals surface area contributed by atoms with Crippen LogP contribution in [0.1, 0.15) is 72.7 Å². The lowest BCUT2D eigenvalue weighted by molar-refractivity contribution is -0.242. The maximum absolute atomic E-state index is 13.4. The van der Waals surface area contributed by atoms with E-state index in [-0.39, 0.29) is 11.5 Å². The molecule has 2 heterocycles. The van der Waals surface area contributed by atoms with Crippen molar-refractivity contribution in [1.29, 1.82) is 0 Å². The van der Waals surface area contributed by atoms with Crippen molar-refractivity contribution in [3.63, 3.8) is 0 Å². The normalized spacial score (nSPS) is 19.1. The lowest BCUT2D eigenvalue weighted by Crippen LogP contribution is -2.49. The smallest absolute Gasteiger partial charge is 0.339 e. The third-order valence-electron chi connectivity index (χ3n) is 7.98. The van der Waals surface area contributed by atoms with Gasteiger partial charge in [0.05, 0.1) is 0 Å². The van der Waals surface area contributed by atoms with Gasteiger partial charge in [0, 0.05) is 41.8 Å². The summed E-state index contributed by atoms with van der Waals surface area (Å²) in [7, 11) is 0. The maximum atomic E-state index is 13.4. The quantitative estimate of drug-likeness (QED) is 0.393. The van der Waals surface area contributed by atoms with Crippen LogP contribution in [0.5, 0.6) is 0 Å². The topological polar surface area (TPSA) is 70.2 Å². The Balaban J connectivity index is 1.47. The van der Waals surface area contributed by atoms with Crippen LogP contribution in [0.3, 0.4) is 0 Å². The Morgan fingerprint density at radius 2 is 1.49 bits per heavy atom. The van der Waals surface area contributed by atoms with Crippen molar-refractivity contribution >= 4 is 29.4 Å². The van der Waals surface area contributed by atoms with Crippen LogP contribution in [0.4, 0.5) is 13.2 Å². The molecule has 11 heteroatoms. The van der Waals surface area contributed by atoms with Gasteiger partial charge in [0.25, 0.3) is 11.8 Å². The molecule has 7 nitrogen and oxygen atoms in total. The number of hydrogen-bond acceptors (Lipinski definition) is 5. The van der Waals surface area contributed by atoms with Crippen molar-refractivity contribution in [1.82, 2.24) is 14.9 Å². The van der Waals surface area contributed by atoms with Crippen LogP contribution >= 0.6 is 11.6 Å². The number of carbonyl (C=O) groups excluding carboxylic acids is 3. The van der Waals surface area contributed by atoms with Crippen LogP contribution in [-0.2, 0) is 15.2 Å². The molecule has 0 aliphatic carbocycles. The Kier molecular flexibility index (Phi) is 9.33. The zero-order valence-corrected chi connectivity index (χ0v) is 24.2. The number of piperidine rings is 2. The molecule has 0 spiro atoms. The van der Waals surface area contributed by atoms with Crippen molar-refractivity contribution in [3.05, 3.63) is 70.2 Å². The monoisotopic (exact) mass is 593 g/mol. The van der Waals surface area contributed by atoms with Gasteiger partial charge in [-0.3, -0.25) is 14.5 Å². The van der Waals surface area contributed by atoms with Crippen molar-refractivity contribution in [2.45, 2.75) is 64.2 Å². The fourth-order valence-corrected chi connectivity index (χ4v) is 5.69. The van der Waals surface area contributed by atoms with Gasteiger partial charge in [-0.1, -0.05) is 30.7 Å². The van der Waals surface area contributed by atoms with Gasteiger partial charge in [-0.15, -0.1) is 0 Å². The summed E-state index contributed by atoms with van der Waals surface area (Å²) < 4.78 is 39.3. The van der Waals surface area contributed by atoms with E-state index in [1.165, 1.54) is 75.2 Å². The van der Waals surface area contributed by atoms with Gasteiger partial charge in [-0.25, -0.2) is 4.79 Å². The van der Waals surface area contributed by atoms with Crippen molar-refractivity contribution in [2.24, 2.45) is 5.92 Å². The molecule has 0 saturated carbocycles. The molecule has 1 atom stereocenters. The van der Waals surface area contributed by atoms with Crippen LogP contribution in [-0.4, -0.2) is 71.0 Å². The first-order valence-electron chi connectivity index (χ1n) is 13.8. The molecule has 41 heavy (non-hydrogen) atoms. The summed E-state index contributed by atoms with van der Waals surface area (Å²) in [4.78, 5) is 47.4. The van der Waals surface area contributed by atoms with Gasteiger partial charge in [0.1, 0.15) is 5.54 Å². The minimum atomic E-state index is -5.31. The Bertz CT molecular complexity index is 1240. The Labute approximate surface area is 243 Å². The van der Waals surface area contributed by atoms with Gasteiger partial charge in [-0.05, 0) is 94.0 Å². The highest BCUT2D eigenvalue weighted by Gasteiger charge is 2.46. The van der Waals surface area contributed by atoms with Gasteiger partial charge in [0.2, 0.25) is 0 Å². The van der Waals surface area contributed by atoms with Crippen molar-refractivity contribution in [3.8, 4) is 0 Å². The molecular formula is C30H35ClF3N3O4. The first-order valence-corrected chi connectivity index (χ1v) is 14.2. The number of nitrogens with zero attached hydrogens (tertiary/aromatic N) is 3. The molecule has 0 bridgehead atoms. The zero-order valence-electron chi connectivity index (χ0n) is 23.4. The summed E-state index contributed by atoms with van der Waals surface area (Å²) in [6.07, 6.45) is -1.06. The molecular weight excluding hydrogens is 559 g/mol. The number of hydrogen-bond donors (Lipinski definition) is 0. The van der Waals surface area contributed by atoms with Crippen LogP contribution in [0.25, 0.3) is 0 Å². The number of alkyl halides is 3. The summed E-state index contributed by atoms with van der Waals surface area (Å²) in [5.41, 5.74) is -0.786. The Morgan fingerprint density at radius 1 is 0.902 bits per heavy atom. The number of hydroxylamine groups is 2. The van der Waals surface area contributed by atoms with Gasteiger partial charge in [0.15, 0.2) is 0 Å². The Hall–Kier alpha value is -3.11. The summed E-state index contributed by atoms with van der Waals surface area (Å²) in [6, 6.07) is 12.2. The largest absolute Gasteiger partial charge is 0.493 e. The van der Waals surface area contributed by atoms with E-state index in [0.29, 0.717) is 46.3 Å². The number of rotatable bonds is 5. The number of halogens is 4. The van der Waals surface area contributed by atoms with Crippen molar-refractivity contribution in [2.75, 3.05) is 26.2 Å². The van der Waals surface area contributed by atoms with Gasteiger partial charge in [-0.2, -0.15) is 18.2 Å². The number of carbonyl (C=O) groups is 3. The second kappa shape index (κ2) is 12.4. The highest BCUT2D eigenvalue weighted by atomic mass is 35.5. The van der Waals surface area contributed by atoms with Crippen LogP contribution < -0.4 is 0 Å². The average molecular weight is 594 g/mol. The summed E-state index contributed by atoms with van der Waals surface area (Å²) >= 11 is 5.94.